The van der Waals surface area contributed by atoms with Gasteiger partial charge in [0.05, 0.1) is 0 Å². The van der Waals surface area contributed by atoms with Crippen LogP contribution in [0.5, 0.6) is 0 Å². The molecule has 0 aliphatic heterocycles. The number of halogens is 1. The van der Waals surface area contributed by atoms with Gasteiger partial charge in [-0.1, -0.05) is 46.3 Å². The molecular formula is C20H12BrNO3. The van der Waals surface area contributed by atoms with E-state index in [0.717, 1.165) is 20.6 Å². The van der Waals surface area contributed by atoms with Crippen LogP contribution in [0.3, 0.4) is 0 Å². The van der Waals surface area contributed by atoms with Crippen molar-refractivity contribution in [2.24, 2.45) is 0 Å². The van der Waals surface area contributed by atoms with E-state index in [1.165, 1.54) is 0 Å². The van der Waals surface area contributed by atoms with Crippen LogP contribution in [0, 0.1) is 0 Å². The molecule has 0 bridgehead atoms. The third-order valence-corrected chi connectivity index (χ3v) is 4.52. The Bertz CT molecular complexity index is 1160. The molecule has 0 fully saturated rings. The van der Waals surface area contributed by atoms with Crippen molar-refractivity contribution in [1.82, 2.24) is 0 Å². The molecule has 25 heavy (non-hydrogen) atoms. The summed E-state index contributed by atoms with van der Waals surface area (Å²) in [6.07, 6.45) is 0. The van der Waals surface area contributed by atoms with E-state index in [2.05, 4.69) is 21.2 Å². The van der Waals surface area contributed by atoms with Crippen molar-refractivity contribution < 1.29 is 9.21 Å². The molecule has 0 spiro atoms. The van der Waals surface area contributed by atoms with Crippen molar-refractivity contribution in [2.75, 3.05) is 5.32 Å². The number of carbonyl (C=O) groups is 1. The van der Waals surface area contributed by atoms with E-state index in [9.17, 15) is 9.59 Å². The van der Waals surface area contributed by atoms with Gasteiger partial charge in [-0.3, -0.25) is 4.79 Å². The van der Waals surface area contributed by atoms with Gasteiger partial charge in [0.1, 0.15) is 11.1 Å². The average Bonchev–Trinajstić information content (AvgIpc) is 2.62. The molecule has 0 saturated heterocycles. The minimum Gasteiger partial charge on any atom is -0.422 e. The van der Waals surface area contributed by atoms with Gasteiger partial charge >= 0.3 is 5.63 Å². The number of nitrogens with one attached hydrogen (secondary N) is 1. The van der Waals surface area contributed by atoms with Crippen molar-refractivity contribution in [2.45, 2.75) is 0 Å². The fourth-order valence-electron chi connectivity index (χ4n) is 2.76. The monoisotopic (exact) mass is 393 g/mol. The molecule has 0 saturated carbocycles. The Hall–Kier alpha value is -2.92. The molecule has 3 aromatic carbocycles. The van der Waals surface area contributed by atoms with E-state index in [4.69, 9.17) is 4.42 Å². The molecular weight excluding hydrogens is 382 g/mol. The maximum atomic E-state index is 12.5. The predicted octanol–water partition coefficient (Wildman–Crippen LogP) is 4.96. The van der Waals surface area contributed by atoms with Gasteiger partial charge in [-0.05, 0) is 47.2 Å². The molecule has 5 heteroatoms. The maximum Gasteiger partial charge on any atom is 0.349 e. The molecule has 4 nitrogen and oxygen atoms in total. The summed E-state index contributed by atoms with van der Waals surface area (Å²) in [6, 6.07) is 20.1. The highest BCUT2D eigenvalue weighted by Crippen LogP contribution is 2.25. The van der Waals surface area contributed by atoms with E-state index >= 15 is 0 Å². The normalized spacial score (nSPS) is 10.9. The van der Waals surface area contributed by atoms with Gasteiger partial charge < -0.3 is 9.73 Å². The molecule has 1 amide bonds. The molecule has 4 aromatic rings. The smallest absolute Gasteiger partial charge is 0.349 e. The lowest BCUT2D eigenvalue weighted by Crippen LogP contribution is -2.20. The summed E-state index contributed by atoms with van der Waals surface area (Å²) in [5.74, 6) is -0.495. The highest BCUT2D eigenvalue weighted by Gasteiger charge is 2.15. The minimum absolute atomic E-state index is 0.0215. The van der Waals surface area contributed by atoms with E-state index in [-0.39, 0.29) is 5.56 Å². The lowest BCUT2D eigenvalue weighted by molar-refractivity contribution is 0.102. The SMILES string of the molecule is O=C(Nc1ccc(Br)cc1)c1cc2c(ccc3ccccc32)oc1=O. The summed E-state index contributed by atoms with van der Waals surface area (Å²) in [7, 11) is 0. The van der Waals surface area contributed by atoms with Gasteiger partial charge in [-0.2, -0.15) is 0 Å². The van der Waals surface area contributed by atoms with Crippen LogP contribution in [0.4, 0.5) is 5.69 Å². The van der Waals surface area contributed by atoms with Crippen LogP contribution < -0.4 is 10.9 Å². The van der Waals surface area contributed by atoms with Gasteiger partial charge in [0, 0.05) is 15.5 Å². The number of hydrogen-bond donors (Lipinski definition) is 1. The van der Waals surface area contributed by atoms with Crippen LogP contribution in [-0.4, -0.2) is 5.91 Å². The fraction of sp³-hybridized carbons (Fsp3) is 0. The van der Waals surface area contributed by atoms with Crippen LogP contribution in [-0.2, 0) is 0 Å². The standard InChI is InChI=1S/C20H12BrNO3/c21-13-6-8-14(9-7-13)22-19(23)17-11-16-15-4-2-1-3-12(15)5-10-18(16)25-20(17)24/h1-11H,(H,22,23). The third kappa shape index (κ3) is 2.94. The molecule has 0 radical (unpaired) electrons. The van der Waals surface area contributed by atoms with Crippen LogP contribution in [0.25, 0.3) is 21.7 Å². The second kappa shape index (κ2) is 6.18. The van der Waals surface area contributed by atoms with Gasteiger partial charge in [0.2, 0.25) is 0 Å². The highest BCUT2D eigenvalue weighted by molar-refractivity contribution is 9.10. The second-order valence-electron chi connectivity index (χ2n) is 5.61. The van der Waals surface area contributed by atoms with E-state index < -0.39 is 11.5 Å². The fourth-order valence-corrected chi connectivity index (χ4v) is 3.03. The lowest BCUT2D eigenvalue weighted by Gasteiger charge is -2.07. The molecule has 1 heterocycles. The Balaban J connectivity index is 1.82. The molecule has 0 aliphatic rings. The highest BCUT2D eigenvalue weighted by atomic mass is 79.9. The molecule has 0 aliphatic carbocycles. The van der Waals surface area contributed by atoms with Crippen LogP contribution >= 0.6 is 15.9 Å². The predicted molar refractivity (Wildman–Crippen MR) is 102 cm³/mol. The van der Waals surface area contributed by atoms with E-state index in [1.807, 2.05) is 42.5 Å². The van der Waals surface area contributed by atoms with Gasteiger partial charge in [-0.25, -0.2) is 4.79 Å². The molecule has 1 N–H and O–H groups in total. The zero-order valence-electron chi connectivity index (χ0n) is 13.0. The summed E-state index contributed by atoms with van der Waals surface area (Å²) in [5.41, 5.74) is 0.388. The van der Waals surface area contributed by atoms with Crippen molar-refractivity contribution in [3.05, 3.63) is 87.2 Å². The summed E-state index contributed by atoms with van der Waals surface area (Å²) >= 11 is 3.34. The van der Waals surface area contributed by atoms with Crippen molar-refractivity contribution in [3.8, 4) is 0 Å². The summed E-state index contributed by atoms with van der Waals surface area (Å²) in [5, 5.41) is 5.40. The third-order valence-electron chi connectivity index (χ3n) is 3.99. The number of benzene rings is 3. The van der Waals surface area contributed by atoms with Crippen molar-refractivity contribution >= 4 is 49.3 Å². The summed E-state index contributed by atoms with van der Waals surface area (Å²) < 4.78 is 6.26. The summed E-state index contributed by atoms with van der Waals surface area (Å²) in [4.78, 5) is 24.7. The second-order valence-corrected chi connectivity index (χ2v) is 6.52. The lowest BCUT2D eigenvalue weighted by atomic mass is 10.0. The Morgan fingerprint density at radius 1 is 0.920 bits per heavy atom. The first-order valence-electron chi connectivity index (χ1n) is 7.64. The number of hydrogen-bond acceptors (Lipinski definition) is 3. The summed E-state index contributed by atoms with van der Waals surface area (Å²) in [6.45, 7) is 0. The Kier molecular flexibility index (Phi) is 3.86. The van der Waals surface area contributed by atoms with E-state index in [0.29, 0.717) is 11.3 Å². The zero-order valence-corrected chi connectivity index (χ0v) is 14.5. The topological polar surface area (TPSA) is 59.3 Å². The molecule has 122 valence electrons. The number of amides is 1. The van der Waals surface area contributed by atoms with Crippen LogP contribution in [0.2, 0.25) is 0 Å². The molecule has 4 rings (SSSR count). The van der Waals surface area contributed by atoms with E-state index in [1.54, 1.807) is 24.3 Å². The average molecular weight is 394 g/mol. The van der Waals surface area contributed by atoms with Crippen LogP contribution in [0.1, 0.15) is 10.4 Å². The first-order chi connectivity index (χ1) is 12.1. The zero-order chi connectivity index (χ0) is 17.4. The number of fused-ring (bicyclic) bond motifs is 3. The molecule has 0 atom stereocenters. The van der Waals surface area contributed by atoms with Crippen molar-refractivity contribution in [3.63, 3.8) is 0 Å². The van der Waals surface area contributed by atoms with Gasteiger partial charge in [0.25, 0.3) is 5.91 Å². The molecule has 0 unspecified atom stereocenters. The number of anilines is 1. The van der Waals surface area contributed by atoms with Crippen molar-refractivity contribution in [1.29, 1.82) is 0 Å². The Labute approximate surface area is 151 Å². The quantitative estimate of drug-likeness (QED) is 0.386. The first-order valence-corrected chi connectivity index (χ1v) is 8.44. The van der Waals surface area contributed by atoms with Crippen LogP contribution in [0.15, 0.2) is 80.4 Å². The van der Waals surface area contributed by atoms with Gasteiger partial charge in [-0.15, -0.1) is 0 Å². The molecule has 1 aromatic heterocycles. The maximum absolute atomic E-state index is 12.5. The Morgan fingerprint density at radius 2 is 1.68 bits per heavy atom. The van der Waals surface area contributed by atoms with Gasteiger partial charge in [0.15, 0.2) is 0 Å². The Morgan fingerprint density at radius 3 is 2.48 bits per heavy atom. The minimum atomic E-state index is -0.655. The number of rotatable bonds is 2. The number of carbonyl (C=O) groups excluding carboxylic acids is 1. The first kappa shape index (κ1) is 15.6. The largest absolute Gasteiger partial charge is 0.422 e.